The molecule has 0 aliphatic rings. The summed E-state index contributed by atoms with van der Waals surface area (Å²) in [4.78, 5) is 4.16. The van der Waals surface area contributed by atoms with E-state index in [1.54, 1.807) is 17.5 Å². The summed E-state index contributed by atoms with van der Waals surface area (Å²) in [6, 6.07) is -0.0788. The molecule has 0 saturated carbocycles. The Labute approximate surface area is 83.6 Å². The Morgan fingerprint density at radius 2 is 2.46 bits per heavy atom. The van der Waals surface area contributed by atoms with Gasteiger partial charge in [0.15, 0.2) is 0 Å². The third-order valence-electron chi connectivity index (χ3n) is 1.63. The Bertz CT molecular complexity index is 342. The van der Waals surface area contributed by atoms with Crippen LogP contribution >= 0.6 is 22.9 Å². The molecule has 0 aromatic carbocycles. The molecular formula is C7H8N4S2. The molecule has 2 rings (SSSR count). The Morgan fingerprint density at radius 3 is 3.08 bits per heavy atom. The minimum Gasteiger partial charge on any atom is -0.322 e. The quantitative estimate of drug-likeness (QED) is 0.831. The molecule has 13 heavy (non-hydrogen) atoms. The number of rotatable bonds is 3. The summed E-state index contributed by atoms with van der Waals surface area (Å²) in [5.41, 5.74) is 6.75. The van der Waals surface area contributed by atoms with Crippen LogP contribution in [0.15, 0.2) is 17.0 Å². The van der Waals surface area contributed by atoms with Crippen LogP contribution in [0, 0.1) is 0 Å². The van der Waals surface area contributed by atoms with Crippen molar-refractivity contribution in [3.05, 3.63) is 27.7 Å². The molecule has 0 aliphatic carbocycles. The van der Waals surface area contributed by atoms with E-state index in [1.807, 2.05) is 10.8 Å². The van der Waals surface area contributed by atoms with Crippen molar-refractivity contribution in [3.8, 4) is 0 Å². The topological polar surface area (TPSA) is 64.7 Å². The van der Waals surface area contributed by atoms with Gasteiger partial charge in [-0.05, 0) is 11.5 Å². The maximum absolute atomic E-state index is 5.90. The lowest BCUT2D eigenvalue weighted by Gasteiger charge is -2.04. The van der Waals surface area contributed by atoms with Crippen molar-refractivity contribution in [2.24, 2.45) is 5.73 Å². The molecule has 2 N–H and O–H groups in total. The minimum absolute atomic E-state index is 0.0788. The molecule has 0 radical (unpaired) electrons. The molecule has 2 aromatic heterocycles. The first-order chi connectivity index (χ1) is 6.36. The zero-order valence-corrected chi connectivity index (χ0v) is 8.38. The van der Waals surface area contributed by atoms with Gasteiger partial charge in [-0.25, -0.2) is 4.98 Å². The van der Waals surface area contributed by atoms with Crippen molar-refractivity contribution in [1.82, 2.24) is 14.6 Å². The molecule has 0 fully saturated rings. The van der Waals surface area contributed by atoms with Crippen molar-refractivity contribution in [1.29, 1.82) is 0 Å². The fourth-order valence-electron chi connectivity index (χ4n) is 0.980. The SMILES string of the molecule is NC(Cc1nccs1)c1csnn1. The average molecular weight is 212 g/mol. The third kappa shape index (κ3) is 2.09. The fourth-order valence-corrected chi connectivity index (χ4v) is 2.17. The molecule has 0 saturated heterocycles. The van der Waals surface area contributed by atoms with E-state index in [4.69, 9.17) is 5.73 Å². The molecule has 1 atom stereocenters. The van der Waals surface area contributed by atoms with Crippen molar-refractivity contribution in [3.63, 3.8) is 0 Å². The third-order valence-corrected chi connectivity index (χ3v) is 2.96. The first-order valence-electron chi connectivity index (χ1n) is 3.77. The predicted octanol–water partition coefficient (Wildman–Crippen LogP) is 1.24. The monoisotopic (exact) mass is 212 g/mol. The van der Waals surface area contributed by atoms with Crippen molar-refractivity contribution in [2.75, 3.05) is 0 Å². The largest absolute Gasteiger partial charge is 0.322 e. The Balaban J connectivity index is 2.04. The standard InChI is InChI=1S/C7H8N4S2/c8-5(6-4-13-11-10-6)3-7-9-1-2-12-7/h1-2,4-5H,3,8H2. The lowest BCUT2D eigenvalue weighted by molar-refractivity contribution is 0.689. The molecule has 68 valence electrons. The Morgan fingerprint density at radius 1 is 1.54 bits per heavy atom. The summed E-state index contributed by atoms with van der Waals surface area (Å²) >= 11 is 2.94. The van der Waals surface area contributed by atoms with Crippen LogP contribution in [0.1, 0.15) is 16.7 Å². The van der Waals surface area contributed by atoms with Gasteiger partial charge < -0.3 is 5.73 Å². The van der Waals surface area contributed by atoms with E-state index in [0.29, 0.717) is 0 Å². The van der Waals surface area contributed by atoms with Crippen LogP contribution in [0.4, 0.5) is 0 Å². The van der Waals surface area contributed by atoms with Gasteiger partial charge in [-0.3, -0.25) is 0 Å². The van der Waals surface area contributed by atoms with Crippen molar-refractivity contribution in [2.45, 2.75) is 12.5 Å². The number of thiazole rings is 1. The highest BCUT2D eigenvalue weighted by molar-refractivity contribution is 7.09. The van der Waals surface area contributed by atoms with Crippen molar-refractivity contribution >= 4 is 22.9 Å². The van der Waals surface area contributed by atoms with E-state index in [9.17, 15) is 0 Å². The highest BCUT2D eigenvalue weighted by Gasteiger charge is 2.10. The van der Waals surface area contributed by atoms with Gasteiger partial charge in [0.2, 0.25) is 0 Å². The molecule has 2 aromatic rings. The van der Waals surface area contributed by atoms with Crippen LogP contribution in [0.3, 0.4) is 0 Å². The van der Waals surface area contributed by atoms with Crippen LogP contribution in [-0.2, 0) is 6.42 Å². The molecule has 2 heterocycles. The van der Waals surface area contributed by atoms with E-state index in [2.05, 4.69) is 14.6 Å². The molecule has 1 unspecified atom stereocenters. The number of aromatic nitrogens is 3. The molecular weight excluding hydrogens is 204 g/mol. The summed E-state index contributed by atoms with van der Waals surface area (Å²) in [5, 5.41) is 8.78. The summed E-state index contributed by atoms with van der Waals surface area (Å²) in [5.74, 6) is 0. The van der Waals surface area contributed by atoms with Gasteiger partial charge in [0, 0.05) is 23.4 Å². The van der Waals surface area contributed by atoms with Gasteiger partial charge in [0.25, 0.3) is 0 Å². The molecule has 0 aliphatic heterocycles. The van der Waals surface area contributed by atoms with Crippen LogP contribution in [0.2, 0.25) is 0 Å². The minimum atomic E-state index is -0.0788. The highest BCUT2D eigenvalue weighted by Crippen LogP contribution is 2.15. The summed E-state index contributed by atoms with van der Waals surface area (Å²) < 4.78 is 3.77. The number of hydrogen-bond donors (Lipinski definition) is 1. The van der Waals surface area contributed by atoms with E-state index in [-0.39, 0.29) is 6.04 Å². The van der Waals surface area contributed by atoms with E-state index in [1.165, 1.54) is 11.5 Å². The highest BCUT2D eigenvalue weighted by atomic mass is 32.1. The maximum Gasteiger partial charge on any atom is 0.0944 e. The van der Waals surface area contributed by atoms with Gasteiger partial charge in [-0.2, -0.15) is 0 Å². The van der Waals surface area contributed by atoms with Crippen molar-refractivity contribution < 1.29 is 0 Å². The lowest BCUT2D eigenvalue weighted by atomic mass is 10.2. The Kier molecular flexibility index (Phi) is 2.62. The first kappa shape index (κ1) is 8.74. The second kappa shape index (κ2) is 3.91. The molecule has 6 heteroatoms. The summed E-state index contributed by atoms with van der Waals surface area (Å²) in [7, 11) is 0. The van der Waals surface area contributed by atoms with E-state index in [0.717, 1.165) is 17.1 Å². The van der Waals surface area contributed by atoms with Gasteiger partial charge in [0.05, 0.1) is 16.7 Å². The molecule has 0 amide bonds. The van der Waals surface area contributed by atoms with Crippen LogP contribution in [0.25, 0.3) is 0 Å². The second-order valence-electron chi connectivity index (χ2n) is 2.57. The smallest absolute Gasteiger partial charge is 0.0944 e. The zero-order chi connectivity index (χ0) is 9.10. The Hall–Kier alpha value is -0.850. The zero-order valence-electron chi connectivity index (χ0n) is 6.75. The van der Waals surface area contributed by atoms with Gasteiger partial charge in [-0.1, -0.05) is 4.49 Å². The summed E-state index contributed by atoms with van der Waals surface area (Å²) in [6.45, 7) is 0. The second-order valence-corrected chi connectivity index (χ2v) is 4.16. The van der Waals surface area contributed by atoms with Gasteiger partial charge in [0.1, 0.15) is 0 Å². The van der Waals surface area contributed by atoms with Gasteiger partial charge in [-0.15, -0.1) is 16.4 Å². The number of nitrogens with zero attached hydrogens (tertiary/aromatic N) is 3. The molecule has 4 nitrogen and oxygen atoms in total. The fraction of sp³-hybridized carbons (Fsp3) is 0.286. The van der Waals surface area contributed by atoms with Crippen LogP contribution in [-0.4, -0.2) is 14.6 Å². The van der Waals surface area contributed by atoms with Gasteiger partial charge >= 0.3 is 0 Å². The van der Waals surface area contributed by atoms with E-state index >= 15 is 0 Å². The predicted molar refractivity (Wildman–Crippen MR) is 52.7 cm³/mol. The molecule has 0 spiro atoms. The number of nitrogens with two attached hydrogens (primary N) is 1. The number of hydrogen-bond acceptors (Lipinski definition) is 6. The first-order valence-corrected chi connectivity index (χ1v) is 5.49. The summed E-state index contributed by atoms with van der Waals surface area (Å²) in [6.07, 6.45) is 2.52. The molecule has 0 bridgehead atoms. The lowest BCUT2D eigenvalue weighted by Crippen LogP contribution is -2.13. The normalized spacial score (nSPS) is 13.0. The average Bonchev–Trinajstić information content (AvgIpc) is 2.74. The van der Waals surface area contributed by atoms with Crippen LogP contribution < -0.4 is 5.73 Å². The van der Waals surface area contributed by atoms with Crippen LogP contribution in [0.5, 0.6) is 0 Å². The van der Waals surface area contributed by atoms with E-state index < -0.39 is 0 Å². The maximum atomic E-state index is 5.90.